The molecule has 3 nitrogen and oxygen atoms in total. The van der Waals surface area contributed by atoms with Crippen molar-refractivity contribution in [3.8, 4) is 0 Å². The van der Waals surface area contributed by atoms with Crippen molar-refractivity contribution in [2.45, 2.75) is 5.66 Å². The second-order valence-corrected chi connectivity index (χ2v) is 4.70. The van der Waals surface area contributed by atoms with Crippen molar-refractivity contribution in [3.63, 3.8) is 0 Å². The molecule has 0 fully saturated rings. The Morgan fingerprint density at radius 2 is 1.35 bits per heavy atom. The average molecular weight is 245 g/mol. The van der Waals surface area contributed by atoms with Gasteiger partial charge in [-0.25, -0.2) is 0 Å². The van der Waals surface area contributed by atoms with Crippen LogP contribution in [-0.2, 0) is 4.57 Å². The van der Waals surface area contributed by atoms with Crippen molar-refractivity contribution in [1.29, 1.82) is 0 Å². The van der Waals surface area contributed by atoms with E-state index in [1.54, 1.807) is 0 Å². The molecule has 17 heavy (non-hydrogen) atoms. The molecule has 0 bridgehead atoms. The van der Waals surface area contributed by atoms with Crippen LogP contribution in [0.2, 0.25) is 0 Å². The van der Waals surface area contributed by atoms with Gasteiger partial charge in [-0.05, 0) is 24.3 Å². The summed E-state index contributed by atoms with van der Waals surface area (Å²) < 4.78 is 11.4. The molecule has 0 saturated carbocycles. The minimum Gasteiger partial charge on any atom is -0.399 e. The second-order valence-electron chi connectivity index (χ2n) is 3.89. The first kappa shape index (κ1) is 11.6. The summed E-state index contributed by atoms with van der Waals surface area (Å²) in [6.45, 7) is 0. The maximum Gasteiger partial charge on any atom is 0.337 e. The van der Waals surface area contributed by atoms with Gasteiger partial charge in [0.2, 0.25) is 5.66 Å². The Balaban J connectivity index is 2.43. The van der Waals surface area contributed by atoms with Gasteiger partial charge >= 0.3 is 8.46 Å². The fraction of sp³-hybridized carbons (Fsp3) is 0.0769. The third kappa shape index (κ3) is 2.63. The lowest BCUT2D eigenvalue weighted by atomic mass is 10.0. The van der Waals surface area contributed by atoms with Gasteiger partial charge in [0, 0.05) is 22.5 Å². The van der Waals surface area contributed by atoms with E-state index in [0.717, 1.165) is 11.1 Å². The Labute approximate surface area is 102 Å². The summed E-state index contributed by atoms with van der Waals surface area (Å²) in [4.78, 5) is 0. The Kier molecular flexibility index (Phi) is 3.40. The molecule has 0 heterocycles. The molecule has 2 aromatic carbocycles. The molecule has 0 radical (unpaired) electrons. The van der Waals surface area contributed by atoms with Crippen molar-refractivity contribution in [1.82, 2.24) is 0 Å². The third-order valence-corrected chi connectivity index (χ3v) is 3.51. The molecule has 86 valence electrons. The number of benzene rings is 2. The molecule has 0 spiro atoms. The maximum absolute atomic E-state index is 11.4. The molecule has 0 aliphatic rings. The van der Waals surface area contributed by atoms with Gasteiger partial charge in [0.25, 0.3) is 0 Å². The van der Waals surface area contributed by atoms with E-state index in [1.807, 2.05) is 48.5 Å². The van der Waals surface area contributed by atoms with Gasteiger partial charge in [0.15, 0.2) is 0 Å². The Bertz CT molecular complexity index is 497. The number of nitrogen functional groups attached to an aromatic ring is 2. The molecule has 2 rings (SSSR count). The normalized spacial score (nSPS) is 10.9. The Morgan fingerprint density at radius 3 is 1.71 bits per heavy atom. The number of hydrogen-bond donors (Lipinski definition) is 2. The lowest BCUT2D eigenvalue weighted by molar-refractivity contribution is 0.595. The SMILES string of the molecule is Nc1cccc(C([PH+]=O)c2cccc(N)c2)c1. The van der Waals surface area contributed by atoms with E-state index in [0.29, 0.717) is 11.4 Å². The summed E-state index contributed by atoms with van der Waals surface area (Å²) >= 11 is 0. The van der Waals surface area contributed by atoms with Gasteiger partial charge in [0.05, 0.1) is 0 Å². The number of hydrogen-bond acceptors (Lipinski definition) is 3. The van der Waals surface area contributed by atoms with Gasteiger partial charge in [0.1, 0.15) is 0 Å². The van der Waals surface area contributed by atoms with Crippen LogP contribution in [0.3, 0.4) is 0 Å². The Hall–Kier alpha value is -1.86. The fourth-order valence-corrected chi connectivity index (χ4v) is 2.44. The van der Waals surface area contributed by atoms with Crippen LogP contribution in [0.1, 0.15) is 16.8 Å². The van der Waals surface area contributed by atoms with E-state index in [2.05, 4.69) is 0 Å². The molecule has 0 aliphatic carbocycles. The topological polar surface area (TPSA) is 69.1 Å². The lowest BCUT2D eigenvalue weighted by Crippen LogP contribution is -1.96. The molecule has 0 aromatic heterocycles. The molecule has 0 amide bonds. The molecule has 2 aromatic rings. The predicted molar refractivity (Wildman–Crippen MR) is 72.6 cm³/mol. The van der Waals surface area contributed by atoms with E-state index in [4.69, 9.17) is 11.5 Å². The zero-order valence-corrected chi connectivity index (χ0v) is 10.3. The molecular weight excluding hydrogens is 231 g/mol. The lowest BCUT2D eigenvalue weighted by Gasteiger charge is -2.06. The van der Waals surface area contributed by atoms with Crippen molar-refractivity contribution in [3.05, 3.63) is 59.7 Å². The molecular formula is C13H14N2OP+. The quantitative estimate of drug-likeness (QED) is 0.645. The smallest absolute Gasteiger partial charge is 0.337 e. The summed E-state index contributed by atoms with van der Waals surface area (Å²) in [5, 5.41) is 0. The predicted octanol–water partition coefficient (Wildman–Crippen LogP) is 2.96. The standard InChI is InChI=1S/C13H13N2OP/c14-11-5-1-3-9(7-11)13(17-16)10-4-2-6-12(15)8-10/h1-8,13H,14-15H2/p+1. The second kappa shape index (κ2) is 4.98. The van der Waals surface area contributed by atoms with Crippen LogP contribution in [0.15, 0.2) is 48.5 Å². The minimum absolute atomic E-state index is 0.165. The largest absolute Gasteiger partial charge is 0.399 e. The van der Waals surface area contributed by atoms with Crippen molar-refractivity contribution >= 4 is 19.8 Å². The molecule has 4 heteroatoms. The molecule has 1 unspecified atom stereocenters. The molecule has 0 saturated heterocycles. The van der Waals surface area contributed by atoms with E-state index >= 15 is 0 Å². The number of rotatable bonds is 3. The number of anilines is 2. The van der Waals surface area contributed by atoms with Crippen LogP contribution in [0.5, 0.6) is 0 Å². The highest BCUT2D eigenvalue weighted by Gasteiger charge is 2.21. The molecule has 1 atom stereocenters. The zero-order chi connectivity index (χ0) is 12.3. The van der Waals surface area contributed by atoms with Gasteiger partial charge in [-0.3, -0.25) is 0 Å². The summed E-state index contributed by atoms with van der Waals surface area (Å²) in [6, 6.07) is 14.9. The van der Waals surface area contributed by atoms with Gasteiger partial charge in [-0.2, -0.15) is 0 Å². The van der Waals surface area contributed by atoms with Crippen LogP contribution in [-0.4, -0.2) is 0 Å². The average Bonchev–Trinajstić information content (AvgIpc) is 2.30. The summed E-state index contributed by atoms with van der Waals surface area (Å²) in [5.41, 5.74) is 14.6. The van der Waals surface area contributed by atoms with E-state index in [-0.39, 0.29) is 5.66 Å². The summed E-state index contributed by atoms with van der Waals surface area (Å²) in [6.07, 6.45) is 0. The molecule has 4 N–H and O–H groups in total. The minimum atomic E-state index is -0.465. The van der Waals surface area contributed by atoms with Gasteiger partial charge in [-0.1, -0.05) is 28.8 Å². The van der Waals surface area contributed by atoms with Crippen LogP contribution in [0, 0.1) is 0 Å². The van der Waals surface area contributed by atoms with Crippen LogP contribution >= 0.6 is 8.46 Å². The van der Waals surface area contributed by atoms with E-state index in [1.165, 1.54) is 0 Å². The fourth-order valence-electron chi connectivity index (χ4n) is 1.81. The highest BCUT2D eigenvalue weighted by Crippen LogP contribution is 2.35. The van der Waals surface area contributed by atoms with Crippen LogP contribution in [0.4, 0.5) is 11.4 Å². The van der Waals surface area contributed by atoms with E-state index < -0.39 is 8.46 Å². The Morgan fingerprint density at radius 1 is 0.882 bits per heavy atom. The zero-order valence-electron chi connectivity index (χ0n) is 9.26. The summed E-state index contributed by atoms with van der Waals surface area (Å²) in [5.74, 6) is 0. The van der Waals surface area contributed by atoms with Crippen LogP contribution in [0.25, 0.3) is 0 Å². The van der Waals surface area contributed by atoms with Crippen molar-refractivity contribution in [2.24, 2.45) is 0 Å². The van der Waals surface area contributed by atoms with Gasteiger partial charge in [-0.15, -0.1) is 0 Å². The molecule has 0 aliphatic heterocycles. The van der Waals surface area contributed by atoms with Crippen LogP contribution < -0.4 is 11.5 Å². The monoisotopic (exact) mass is 245 g/mol. The highest BCUT2D eigenvalue weighted by atomic mass is 31.1. The first-order chi connectivity index (χ1) is 8.20. The van der Waals surface area contributed by atoms with E-state index in [9.17, 15) is 4.57 Å². The van der Waals surface area contributed by atoms with Crippen molar-refractivity contribution in [2.75, 3.05) is 11.5 Å². The summed E-state index contributed by atoms with van der Waals surface area (Å²) in [7, 11) is -0.465. The maximum atomic E-state index is 11.4. The van der Waals surface area contributed by atoms with Crippen molar-refractivity contribution < 1.29 is 4.57 Å². The first-order valence-corrected chi connectivity index (χ1v) is 6.28. The number of nitrogens with two attached hydrogens (primary N) is 2. The highest BCUT2D eigenvalue weighted by molar-refractivity contribution is 7.24. The van der Waals surface area contributed by atoms with Gasteiger partial charge < -0.3 is 11.5 Å². The third-order valence-electron chi connectivity index (χ3n) is 2.61. The first-order valence-electron chi connectivity index (χ1n) is 5.29.